The maximum absolute atomic E-state index is 11.1. The summed E-state index contributed by atoms with van der Waals surface area (Å²) < 4.78 is 21.2. The zero-order chi connectivity index (χ0) is 10.8. The number of carbonyl (C=O) groups excluding carboxylic acids is 1. The van der Waals surface area contributed by atoms with E-state index in [-0.39, 0.29) is 0 Å². The van der Waals surface area contributed by atoms with Crippen molar-refractivity contribution in [1.82, 2.24) is 0 Å². The van der Waals surface area contributed by atoms with Crippen LogP contribution in [0.2, 0.25) is 0 Å². The van der Waals surface area contributed by atoms with Crippen molar-refractivity contribution in [1.29, 1.82) is 0 Å². The molecule has 58 valence electrons. The number of para-hydroxylation sites is 1. The van der Waals surface area contributed by atoms with Crippen molar-refractivity contribution >= 4 is 27.5 Å². The molecule has 1 rings (SSSR count). The molecule has 0 aromatic heterocycles. The first-order valence-corrected chi connectivity index (χ1v) is 3.76. The van der Waals surface area contributed by atoms with Gasteiger partial charge in [0.05, 0.1) is 5.69 Å². The average Bonchev–Trinajstić information content (AvgIpc) is 2.07. The van der Waals surface area contributed by atoms with Crippen molar-refractivity contribution in [2.75, 3.05) is 5.32 Å². The molecule has 1 aromatic rings. The molecule has 0 aliphatic carbocycles. The highest BCUT2D eigenvalue weighted by atomic mass is 79.9. The Kier molecular flexibility index (Phi) is 1.58. The second-order valence-electron chi connectivity index (χ2n) is 1.93. The standard InChI is InChI=1S/C8H8BrNO/c1-6(11)10-8-5-3-2-4-7(8)9/h2-5H,1H3,(H,10,11)/i1D3. The van der Waals surface area contributed by atoms with Crippen LogP contribution in [0.3, 0.4) is 0 Å². The molecule has 0 radical (unpaired) electrons. The minimum absolute atomic E-state index is 0.452. The van der Waals surface area contributed by atoms with Gasteiger partial charge in [0.25, 0.3) is 0 Å². The van der Waals surface area contributed by atoms with Crippen LogP contribution in [0.5, 0.6) is 0 Å². The molecule has 1 amide bonds. The van der Waals surface area contributed by atoms with Gasteiger partial charge in [0.2, 0.25) is 5.91 Å². The van der Waals surface area contributed by atoms with E-state index in [1.165, 1.54) is 0 Å². The van der Waals surface area contributed by atoms with Crippen molar-refractivity contribution in [3.05, 3.63) is 28.7 Å². The molecule has 0 aliphatic rings. The lowest BCUT2D eigenvalue weighted by Gasteiger charge is -2.02. The van der Waals surface area contributed by atoms with E-state index in [0.717, 1.165) is 0 Å². The van der Waals surface area contributed by atoms with Crippen molar-refractivity contribution in [3.8, 4) is 0 Å². The van der Waals surface area contributed by atoms with Gasteiger partial charge in [-0.2, -0.15) is 0 Å². The largest absolute Gasteiger partial charge is 0.325 e. The van der Waals surface area contributed by atoms with Gasteiger partial charge in [-0.3, -0.25) is 4.79 Å². The van der Waals surface area contributed by atoms with E-state index >= 15 is 0 Å². The summed E-state index contributed by atoms with van der Waals surface area (Å²) in [5.41, 5.74) is 0.452. The van der Waals surface area contributed by atoms with Crippen molar-refractivity contribution < 1.29 is 8.91 Å². The Bertz CT molecular complexity index is 351. The molecular weight excluding hydrogens is 206 g/mol. The molecule has 2 nitrogen and oxygen atoms in total. The van der Waals surface area contributed by atoms with E-state index in [2.05, 4.69) is 21.2 Å². The van der Waals surface area contributed by atoms with E-state index in [0.29, 0.717) is 10.2 Å². The van der Waals surface area contributed by atoms with Gasteiger partial charge in [0.15, 0.2) is 0 Å². The SMILES string of the molecule is [2H]C([2H])([2H])C(=O)Nc1ccccc1Br. The fourth-order valence-corrected chi connectivity index (χ4v) is 1.07. The van der Waals surface area contributed by atoms with Gasteiger partial charge in [-0.25, -0.2) is 0 Å². The summed E-state index contributed by atoms with van der Waals surface area (Å²) in [6.45, 7) is -2.62. The fraction of sp³-hybridized carbons (Fsp3) is 0.125. The van der Waals surface area contributed by atoms with Crippen molar-refractivity contribution in [2.45, 2.75) is 6.85 Å². The van der Waals surface area contributed by atoms with Gasteiger partial charge in [0.1, 0.15) is 0 Å². The van der Waals surface area contributed by atoms with Crippen LogP contribution in [-0.4, -0.2) is 5.91 Å². The molecule has 0 atom stereocenters. The monoisotopic (exact) mass is 216 g/mol. The van der Waals surface area contributed by atoms with E-state index < -0.39 is 12.8 Å². The Hall–Kier alpha value is -0.830. The van der Waals surface area contributed by atoms with Gasteiger partial charge < -0.3 is 5.32 Å². The molecule has 0 saturated carbocycles. The summed E-state index contributed by atoms with van der Waals surface area (Å²) in [5, 5.41) is 2.30. The van der Waals surface area contributed by atoms with E-state index in [4.69, 9.17) is 4.11 Å². The average molecular weight is 217 g/mol. The molecule has 0 bridgehead atoms. The predicted octanol–water partition coefficient (Wildman–Crippen LogP) is 2.41. The molecule has 1 aromatic carbocycles. The third-order valence-corrected chi connectivity index (χ3v) is 1.81. The van der Waals surface area contributed by atoms with Crippen LogP contribution >= 0.6 is 15.9 Å². The normalized spacial score (nSPS) is 14.5. The van der Waals surface area contributed by atoms with Gasteiger partial charge in [-0.15, -0.1) is 0 Å². The van der Waals surface area contributed by atoms with Gasteiger partial charge in [-0.1, -0.05) is 12.1 Å². The van der Waals surface area contributed by atoms with E-state index in [9.17, 15) is 4.79 Å². The number of benzene rings is 1. The van der Waals surface area contributed by atoms with Crippen LogP contribution in [0.4, 0.5) is 5.69 Å². The molecule has 0 unspecified atom stereocenters. The third-order valence-electron chi connectivity index (χ3n) is 1.12. The summed E-state index contributed by atoms with van der Waals surface area (Å²) in [6.07, 6.45) is 0. The topological polar surface area (TPSA) is 29.1 Å². The van der Waals surface area contributed by atoms with E-state index in [1.54, 1.807) is 24.3 Å². The first-order valence-electron chi connectivity index (χ1n) is 4.47. The number of halogens is 1. The van der Waals surface area contributed by atoms with Gasteiger partial charge in [-0.05, 0) is 28.1 Å². The number of nitrogens with one attached hydrogen (secondary N) is 1. The Labute approximate surface area is 78.0 Å². The molecule has 0 saturated heterocycles. The number of carbonyl (C=O) groups is 1. The Balaban J connectivity index is 2.80. The maximum atomic E-state index is 11.1. The number of anilines is 1. The van der Waals surface area contributed by atoms with Crippen molar-refractivity contribution in [2.24, 2.45) is 0 Å². The van der Waals surface area contributed by atoms with Crippen molar-refractivity contribution in [3.63, 3.8) is 0 Å². The summed E-state index contributed by atoms with van der Waals surface area (Å²) in [7, 11) is 0. The molecule has 0 fully saturated rings. The lowest BCUT2D eigenvalue weighted by Crippen LogP contribution is -2.05. The number of amides is 1. The van der Waals surface area contributed by atoms with E-state index in [1.807, 2.05) is 0 Å². The van der Waals surface area contributed by atoms with Gasteiger partial charge in [0, 0.05) is 15.4 Å². The minimum Gasteiger partial charge on any atom is -0.325 e. The van der Waals surface area contributed by atoms with Crippen LogP contribution < -0.4 is 5.32 Å². The lowest BCUT2D eigenvalue weighted by molar-refractivity contribution is -0.114. The molecule has 1 N–H and O–H groups in total. The minimum atomic E-state index is -2.62. The first kappa shape index (κ1) is 4.93. The van der Waals surface area contributed by atoms with Crippen LogP contribution in [-0.2, 0) is 4.79 Å². The molecule has 0 aliphatic heterocycles. The summed E-state index contributed by atoms with van der Waals surface area (Å²) in [5.74, 6) is -0.982. The summed E-state index contributed by atoms with van der Waals surface area (Å²) in [6, 6.07) is 6.82. The van der Waals surface area contributed by atoms with Gasteiger partial charge >= 0.3 is 0 Å². The quantitative estimate of drug-likeness (QED) is 0.768. The predicted molar refractivity (Wildman–Crippen MR) is 48.4 cm³/mol. The Morgan fingerprint density at radius 2 is 2.36 bits per heavy atom. The number of hydrogen-bond acceptors (Lipinski definition) is 1. The molecule has 3 heteroatoms. The zero-order valence-corrected chi connectivity index (χ0v) is 7.18. The molecule has 11 heavy (non-hydrogen) atoms. The highest BCUT2D eigenvalue weighted by Crippen LogP contribution is 2.20. The second kappa shape index (κ2) is 3.53. The van der Waals surface area contributed by atoms with Crippen LogP contribution in [0.1, 0.15) is 11.0 Å². The summed E-state index contributed by atoms with van der Waals surface area (Å²) >= 11 is 3.19. The van der Waals surface area contributed by atoms with Crippen LogP contribution in [0.25, 0.3) is 0 Å². The number of hydrogen-bond donors (Lipinski definition) is 1. The van der Waals surface area contributed by atoms with Crippen LogP contribution in [0, 0.1) is 0 Å². The Morgan fingerprint density at radius 3 is 3.00 bits per heavy atom. The first-order chi connectivity index (χ1) is 6.41. The fourth-order valence-electron chi connectivity index (χ4n) is 0.685. The maximum Gasteiger partial charge on any atom is 0.221 e. The molecular formula is C8H8BrNO. The zero-order valence-electron chi connectivity index (χ0n) is 8.60. The van der Waals surface area contributed by atoms with Crippen LogP contribution in [0.15, 0.2) is 28.7 Å². The smallest absolute Gasteiger partial charge is 0.221 e. The summed E-state index contributed by atoms with van der Waals surface area (Å²) in [4.78, 5) is 11.1. The highest BCUT2D eigenvalue weighted by molar-refractivity contribution is 9.10. The number of rotatable bonds is 1. The second-order valence-corrected chi connectivity index (χ2v) is 2.79. The Morgan fingerprint density at radius 1 is 1.64 bits per heavy atom. The lowest BCUT2D eigenvalue weighted by atomic mass is 10.3. The molecule has 0 spiro atoms. The molecule has 0 heterocycles. The highest BCUT2D eigenvalue weighted by Gasteiger charge is 1.97. The third kappa shape index (κ3) is 2.35.